The van der Waals surface area contributed by atoms with Gasteiger partial charge in [0.05, 0.1) is 27.3 Å². The molecule has 2 unspecified atom stereocenters. The topological polar surface area (TPSA) is 77.9 Å². The molecule has 6 nitrogen and oxygen atoms in total. The minimum Gasteiger partial charge on any atom is -0.481 e. The highest BCUT2D eigenvalue weighted by Crippen LogP contribution is 2.41. The number of fused-ring (bicyclic) bond motifs is 1. The predicted octanol–water partition coefficient (Wildman–Crippen LogP) is 7.80. The van der Waals surface area contributed by atoms with Crippen molar-refractivity contribution in [3.05, 3.63) is 96.0 Å². The fourth-order valence-corrected chi connectivity index (χ4v) is 5.54. The maximum absolute atomic E-state index is 14.4. The average Bonchev–Trinajstić information content (AvgIpc) is 2.96. The summed E-state index contributed by atoms with van der Waals surface area (Å²) < 4.78 is 0.847. The van der Waals surface area contributed by atoms with Gasteiger partial charge in [-0.05, 0) is 95.9 Å². The number of hydrogen-bond acceptors (Lipinski definition) is 3. The summed E-state index contributed by atoms with van der Waals surface area (Å²) in [7, 11) is 0. The zero-order valence-corrected chi connectivity index (χ0v) is 24.8. The van der Waals surface area contributed by atoms with Gasteiger partial charge in [0.25, 0.3) is 11.8 Å². The summed E-state index contributed by atoms with van der Waals surface area (Å²) in [4.78, 5) is 42.9. The van der Waals surface area contributed by atoms with E-state index in [4.69, 9.17) is 39.9 Å². The number of halogens is 4. The van der Waals surface area contributed by atoms with Crippen LogP contribution in [0.1, 0.15) is 59.8 Å². The first-order valence-electron chi connectivity index (χ1n) is 11.9. The van der Waals surface area contributed by atoms with Crippen LogP contribution >= 0.6 is 57.4 Å². The molecule has 0 aliphatic carbocycles. The lowest BCUT2D eigenvalue weighted by Gasteiger charge is -2.36. The highest BCUT2D eigenvalue weighted by molar-refractivity contribution is 14.1. The highest BCUT2D eigenvalue weighted by atomic mass is 127. The maximum atomic E-state index is 14.4. The van der Waals surface area contributed by atoms with E-state index < -0.39 is 18.1 Å². The van der Waals surface area contributed by atoms with Gasteiger partial charge < -0.3 is 14.9 Å². The van der Waals surface area contributed by atoms with Crippen LogP contribution in [-0.4, -0.2) is 34.3 Å². The largest absolute Gasteiger partial charge is 0.481 e. The first-order valence-corrected chi connectivity index (χ1v) is 14.2. The Morgan fingerprint density at radius 3 is 2.34 bits per heavy atom. The van der Waals surface area contributed by atoms with Crippen molar-refractivity contribution in [2.75, 3.05) is 11.4 Å². The molecule has 4 rings (SSSR count). The second-order valence-corrected chi connectivity index (χ2v) is 11.5. The lowest BCUT2D eigenvalue weighted by molar-refractivity contribution is -0.137. The Labute approximate surface area is 249 Å². The van der Waals surface area contributed by atoms with Gasteiger partial charge in [0.1, 0.15) is 6.04 Å². The van der Waals surface area contributed by atoms with Crippen molar-refractivity contribution in [3.63, 3.8) is 0 Å². The summed E-state index contributed by atoms with van der Waals surface area (Å²) in [6.07, 6.45) is 0.872. The van der Waals surface area contributed by atoms with Crippen molar-refractivity contribution < 1.29 is 19.5 Å². The van der Waals surface area contributed by atoms with Gasteiger partial charge in [-0.15, -0.1) is 0 Å². The Morgan fingerprint density at radius 1 is 0.974 bits per heavy atom. The standard InChI is InChI=1S/C28H24Cl3IN2O4/c1-16(18-7-11-22(30)23(31)14-18)34-26(17-5-8-19(29)9-6-17)28(38)33(13-3-2-4-25(35)36)24-12-10-20(32)15-21(24)27(34)37/h5-12,14-16,26H,2-4,13H2,1H3,(H,35,36). The van der Waals surface area contributed by atoms with E-state index in [0.717, 1.165) is 9.13 Å². The van der Waals surface area contributed by atoms with Crippen LogP contribution in [0, 0.1) is 3.57 Å². The van der Waals surface area contributed by atoms with Gasteiger partial charge in [-0.25, -0.2) is 0 Å². The number of benzene rings is 3. The molecule has 10 heteroatoms. The molecule has 1 aliphatic heterocycles. The second kappa shape index (κ2) is 12.2. The molecule has 0 saturated heterocycles. The number of carboxylic acids is 1. The number of carboxylic acid groups (broad SMARTS) is 1. The minimum absolute atomic E-state index is 0.00159. The Morgan fingerprint density at radius 2 is 1.68 bits per heavy atom. The van der Waals surface area contributed by atoms with Crippen molar-refractivity contribution >= 4 is 80.9 Å². The first kappa shape index (κ1) is 28.7. The molecule has 1 N–H and O–H groups in total. The summed E-state index contributed by atoms with van der Waals surface area (Å²) in [5.41, 5.74) is 2.23. The minimum atomic E-state index is -0.964. The van der Waals surface area contributed by atoms with Crippen molar-refractivity contribution in [2.45, 2.75) is 38.3 Å². The highest BCUT2D eigenvalue weighted by Gasteiger charge is 2.43. The van der Waals surface area contributed by atoms with Gasteiger partial charge in [0.2, 0.25) is 0 Å². The molecule has 198 valence electrons. The second-order valence-electron chi connectivity index (χ2n) is 9.02. The van der Waals surface area contributed by atoms with Gasteiger partial charge in [-0.2, -0.15) is 0 Å². The lowest BCUT2D eigenvalue weighted by Crippen LogP contribution is -2.44. The molecular formula is C28H24Cl3IN2O4. The molecule has 38 heavy (non-hydrogen) atoms. The van der Waals surface area contributed by atoms with E-state index in [0.29, 0.717) is 44.7 Å². The van der Waals surface area contributed by atoms with Gasteiger partial charge in [-0.1, -0.05) is 53.0 Å². The van der Waals surface area contributed by atoms with Gasteiger partial charge in [0, 0.05) is 21.6 Å². The number of anilines is 1. The summed E-state index contributed by atoms with van der Waals surface area (Å²) in [6, 6.07) is 15.9. The quantitative estimate of drug-likeness (QED) is 0.194. The molecule has 2 atom stereocenters. The van der Waals surface area contributed by atoms with E-state index in [1.54, 1.807) is 64.4 Å². The van der Waals surface area contributed by atoms with Crippen LogP contribution in [-0.2, 0) is 9.59 Å². The summed E-state index contributed by atoms with van der Waals surface area (Å²) >= 11 is 20.8. The Kier molecular flexibility index (Phi) is 9.23. The fraction of sp³-hybridized carbons (Fsp3) is 0.250. The summed E-state index contributed by atoms with van der Waals surface area (Å²) in [5.74, 6) is -1.49. The molecule has 0 fully saturated rings. The van der Waals surface area contributed by atoms with E-state index in [-0.39, 0.29) is 24.8 Å². The van der Waals surface area contributed by atoms with Crippen molar-refractivity contribution in [3.8, 4) is 0 Å². The van der Waals surface area contributed by atoms with Crippen molar-refractivity contribution in [2.24, 2.45) is 0 Å². The molecule has 2 amide bonds. The maximum Gasteiger partial charge on any atom is 0.303 e. The van der Waals surface area contributed by atoms with Crippen LogP contribution in [0.2, 0.25) is 15.1 Å². The Balaban J connectivity index is 1.87. The molecular weight excluding hydrogens is 662 g/mol. The molecule has 1 aliphatic rings. The molecule has 0 spiro atoms. The third-order valence-corrected chi connectivity index (χ3v) is 8.21. The smallest absolute Gasteiger partial charge is 0.303 e. The van der Waals surface area contributed by atoms with E-state index in [9.17, 15) is 14.4 Å². The zero-order valence-electron chi connectivity index (χ0n) is 20.3. The lowest BCUT2D eigenvalue weighted by atomic mass is 9.98. The molecule has 0 bridgehead atoms. The molecule has 3 aromatic rings. The van der Waals surface area contributed by atoms with Crippen molar-refractivity contribution in [1.82, 2.24) is 4.90 Å². The number of aliphatic carboxylic acids is 1. The van der Waals surface area contributed by atoms with Gasteiger partial charge >= 0.3 is 5.97 Å². The van der Waals surface area contributed by atoms with Crippen LogP contribution in [0.4, 0.5) is 5.69 Å². The fourth-order valence-electron chi connectivity index (χ4n) is 4.61. The third kappa shape index (κ3) is 6.11. The van der Waals surface area contributed by atoms with Crippen molar-refractivity contribution in [1.29, 1.82) is 0 Å². The van der Waals surface area contributed by atoms with Crippen LogP contribution in [0.5, 0.6) is 0 Å². The third-order valence-electron chi connectivity index (χ3n) is 6.54. The van der Waals surface area contributed by atoms with Crippen LogP contribution in [0.3, 0.4) is 0 Å². The van der Waals surface area contributed by atoms with Crippen LogP contribution in [0.15, 0.2) is 60.7 Å². The Hall–Kier alpha value is -2.33. The molecule has 0 radical (unpaired) electrons. The van der Waals surface area contributed by atoms with Gasteiger partial charge in [0.15, 0.2) is 0 Å². The first-order chi connectivity index (χ1) is 18.1. The van der Waals surface area contributed by atoms with Crippen LogP contribution < -0.4 is 4.90 Å². The zero-order chi connectivity index (χ0) is 27.6. The molecule has 0 aromatic heterocycles. The molecule has 1 heterocycles. The van der Waals surface area contributed by atoms with E-state index in [1.807, 2.05) is 13.0 Å². The number of unbranched alkanes of at least 4 members (excludes halogenated alkanes) is 1. The number of carbonyl (C=O) groups is 3. The summed E-state index contributed by atoms with van der Waals surface area (Å²) in [5, 5.41) is 10.3. The number of nitrogens with zero attached hydrogens (tertiary/aromatic N) is 2. The van der Waals surface area contributed by atoms with Gasteiger partial charge in [-0.3, -0.25) is 14.4 Å². The number of hydrogen-bond donors (Lipinski definition) is 1. The predicted molar refractivity (Wildman–Crippen MR) is 158 cm³/mol. The molecule has 0 saturated carbocycles. The number of carbonyl (C=O) groups excluding carboxylic acids is 2. The SMILES string of the molecule is CC(c1ccc(Cl)c(Cl)c1)N1C(=O)c2cc(I)ccc2N(CCCCC(=O)O)C(=O)C1c1ccc(Cl)cc1. The van der Waals surface area contributed by atoms with E-state index >= 15 is 0 Å². The van der Waals surface area contributed by atoms with E-state index in [1.165, 1.54) is 0 Å². The van der Waals surface area contributed by atoms with Crippen LogP contribution in [0.25, 0.3) is 0 Å². The van der Waals surface area contributed by atoms with E-state index in [2.05, 4.69) is 22.6 Å². The summed E-state index contributed by atoms with van der Waals surface area (Å²) in [6.45, 7) is 2.12. The normalized spacial score (nSPS) is 16.3. The molecule has 3 aromatic carbocycles. The average molecular weight is 686 g/mol. The number of amides is 2. The number of rotatable bonds is 8. The Bertz CT molecular complexity index is 1380. The monoisotopic (exact) mass is 684 g/mol.